The monoisotopic (exact) mass is 237 g/mol. The molecule has 3 heteroatoms. The van der Waals surface area contributed by atoms with Gasteiger partial charge in [0.2, 0.25) is 5.91 Å². The molecule has 1 aromatic carbocycles. The maximum absolute atomic E-state index is 11.1. The van der Waals surface area contributed by atoms with Gasteiger partial charge in [0.1, 0.15) is 0 Å². The van der Waals surface area contributed by atoms with Gasteiger partial charge in [-0.2, -0.15) is 0 Å². The number of amides is 1. The Bertz CT molecular complexity index is 370. The first-order valence-corrected chi connectivity index (χ1v) is 4.80. The fourth-order valence-electron chi connectivity index (χ4n) is 1.31. The first-order chi connectivity index (χ1) is 6.27. The zero-order chi connectivity index (χ0) is 9.26. The second-order valence-corrected chi connectivity index (χ2v) is 3.83. The summed E-state index contributed by atoms with van der Waals surface area (Å²) in [6, 6.07) is 9.80. The molecule has 0 radical (unpaired) electrons. The van der Waals surface area contributed by atoms with E-state index in [0.29, 0.717) is 6.42 Å². The van der Waals surface area contributed by atoms with Crippen LogP contribution in [0.15, 0.2) is 34.8 Å². The fourth-order valence-corrected chi connectivity index (χ4v) is 1.90. The first kappa shape index (κ1) is 8.51. The molecule has 2 nitrogen and oxygen atoms in total. The zero-order valence-electron chi connectivity index (χ0n) is 6.88. The third-order valence-electron chi connectivity index (χ3n) is 1.91. The summed E-state index contributed by atoms with van der Waals surface area (Å²) in [5, 5.41) is 2.81. The Morgan fingerprint density at radius 1 is 1.23 bits per heavy atom. The van der Waals surface area contributed by atoms with Crippen LogP contribution in [0.3, 0.4) is 0 Å². The van der Waals surface area contributed by atoms with Gasteiger partial charge in [-0.1, -0.05) is 46.3 Å². The van der Waals surface area contributed by atoms with Crippen molar-refractivity contribution < 1.29 is 4.79 Å². The number of carbonyl (C=O) groups is 1. The van der Waals surface area contributed by atoms with Crippen molar-refractivity contribution >= 4 is 27.5 Å². The number of halogens is 1. The smallest absolute Gasteiger partial charge is 0.229 e. The van der Waals surface area contributed by atoms with Gasteiger partial charge in [-0.05, 0) is 5.56 Å². The number of nitrogens with one attached hydrogen (secondary N) is 1. The van der Waals surface area contributed by atoms with Crippen LogP contribution in [0.1, 0.15) is 12.0 Å². The van der Waals surface area contributed by atoms with Crippen LogP contribution >= 0.6 is 15.9 Å². The van der Waals surface area contributed by atoms with Crippen LogP contribution in [0.4, 0.5) is 0 Å². The quantitative estimate of drug-likeness (QED) is 0.798. The van der Waals surface area contributed by atoms with Crippen molar-refractivity contribution in [3.8, 4) is 0 Å². The minimum Gasteiger partial charge on any atom is -0.325 e. The summed E-state index contributed by atoms with van der Waals surface area (Å²) in [5.41, 5.74) is 1.94. The van der Waals surface area contributed by atoms with Crippen molar-refractivity contribution in [2.75, 3.05) is 0 Å². The molecule has 0 atom stereocenters. The summed E-state index contributed by atoms with van der Waals surface area (Å²) >= 11 is 3.38. The molecule has 1 aromatic rings. The predicted molar refractivity (Wildman–Crippen MR) is 55.0 cm³/mol. The van der Waals surface area contributed by atoms with Crippen LogP contribution in [0.25, 0.3) is 5.70 Å². The van der Waals surface area contributed by atoms with Crippen molar-refractivity contribution in [1.29, 1.82) is 0 Å². The molecular weight excluding hydrogens is 230 g/mol. The fraction of sp³-hybridized carbons (Fsp3) is 0.100. The molecule has 0 saturated carbocycles. The minimum absolute atomic E-state index is 0.0470. The van der Waals surface area contributed by atoms with Gasteiger partial charge in [-0.15, -0.1) is 0 Å². The van der Waals surface area contributed by atoms with E-state index in [-0.39, 0.29) is 5.91 Å². The second-order valence-electron chi connectivity index (χ2n) is 2.87. The van der Waals surface area contributed by atoms with Gasteiger partial charge in [-0.3, -0.25) is 4.79 Å². The molecule has 0 saturated heterocycles. The lowest BCUT2D eigenvalue weighted by Gasteiger charge is -2.02. The normalized spacial score (nSPS) is 16.2. The molecule has 0 bridgehead atoms. The van der Waals surface area contributed by atoms with Gasteiger partial charge >= 0.3 is 0 Å². The van der Waals surface area contributed by atoms with Crippen molar-refractivity contribution in [3.63, 3.8) is 0 Å². The summed E-state index contributed by atoms with van der Waals surface area (Å²) in [6.45, 7) is 0. The van der Waals surface area contributed by atoms with E-state index < -0.39 is 0 Å². The summed E-state index contributed by atoms with van der Waals surface area (Å²) in [4.78, 5) is 11.1. The summed E-state index contributed by atoms with van der Waals surface area (Å²) in [5.74, 6) is 0.0470. The van der Waals surface area contributed by atoms with E-state index in [0.717, 1.165) is 15.7 Å². The van der Waals surface area contributed by atoms with E-state index in [4.69, 9.17) is 0 Å². The highest BCUT2D eigenvalue weighted by molar-refractivity contribution is 9.11. The molecule has 1 heterocycles. The SMILES string of the molecule is O=C1CC(Br)=C(c2ccccc2)N1. The highest BCUT2D eigenvalue weighted by Gasteiger charge is 2.19. The lowest BCUT2D eigenvalue weighted by Crippen LogP contribution is -2.13. The third-order valence-corrected chi connectivity index (χ3v) is 2.59. The van der Waals surface area contributed by atoms with Gasteiger partial charge in [0.05, 0.1) is 12.1 Å². The van der Waals surface area contributed by atoms with Crippen molar-refractivity contribution in [3.05, 3.63) is 40.4 Å². The average Bonchev–Trinajstić information content (AvgIpc) is 2.47. The van der Waals surface area contributed by atoms with E-state index in [2.05, 4.69) is 21.2 Å². The van der Waals surface area contributed by atoms with E-state index in [1.165, 1.54) is 0 Å². The Labute approximate surface area is 84.8 Å². The number of benzene rings is 1. The third kappa shape index (κ3) is 1.65. The lowest BCUT2D eigenvalue weighted by molar-refractivity contribution is -0.118. The molecule has 1 aliphatic rings. The summed E-state index contributed by atoms with van der Waals surface area (Å²) in [7, 11) is 0. The Hall–Kier alpha value is -1.09. The molecule has 66 valence electrons. The van der Waals surface area contributed by atoms with Crippen LogP contribution in [0.5, 0.6) is 0 Å². The topological polar surface area (TPSA) is 29.1 Å². The molecule has 13 heavy (non-hydrogen) atoms. The first-order valence-electron chi connectivity index (χ1n) is 4.01. The Balaban J connectivity index is 2.38. The summed E-state index contributed by atoms with van der Waals surface area (Å²) in [6.07, 6.45) is 0.449. The Morgan fingerprint density at radius 3 is 2.46 bits per heavy atom. The average molecular weight is 238 g/mol. The Morgan fingerprint density at radius 2 is 1.92 bits per heavy atom. The molecule has 1 aliphatic heterocycles. The van der Waals surface area contributed by atoms with Gasteiger partial charge in [0, 0.05) is 4.48 Å². The molecule has 0 spiro atoms. The number of rotatable bonds is 1. The maximum atomic E-state index is 11.1. The lowest BCUT2D eigenvalue weighted by atomic mass is 10.2. The molecule has 1 amide bonds. The number of carbonyl (C=O) groups excluding carboxylic acids is 1. The molecule has 0 aliphatic carbocycles. The van der Waals surface area contributed by atoms with E-state index >= 15 is 0 Å². The molecule has 0 aromatic heterocycles. The molecule has 2 rings (SSSR count). The van der Waals surface area contributed by atoms with Gasteiger partial charge in [-0.25, -0.2) is 0 Å². The van der Waals surface area contributed by atoms with Crippen molar-refractivity contribution in [2.45, 2.75) is 6.42 Å². The molecular formula is C10H8BrNO. The zero-order valence-corrected chi connectivity index (χ0v) is 8.47. The predicted octanol–water partition coefficient (Wildman–Crippen LogP) is 2.27. The van der Waals surface area contributed by atoms with Crippen LogP contribution in [0, 0.1) is 0 Å². The van der Waals surface area contributed by atoms with Gasteiger partial charge in [0.15, 0.2) is 0 Å². The molecule has 1 N–H and O–H groups in total. The van der Waals surface area contributed by atoms with Crippen molar-refractivity contribution in [1.82, 2.24) is 5.32 Å². The highest BCUT2D eigenvalue weighted by Crippen LogP contribution is 2.27. The van der Waals surface area contributed by atoms with E-state index in [1.807, 2.05) is 30.3 Å². The van der Waals surface area contributed by atoms with Crippen LogP contribution in [-0.4, -0.2) is 5.91 Å². The van der Waals surface area contributed by atoms with Crippen molar-refractivity contribution in [2.24, 2.45) is 0 Å². The van der Waals surface area contributed by atoms with E-state index in [1.54, 1.807) is 0 Å². The Kier molecular flexibility index (Phi) is 2.19. The van der Waals surface area contributed by atoms with Crippen LogP contribution in [0.2, 0.25) is 0 Å². The number of hydrogen-bond donors (Lipinski definition) is 1. The number of hydrogen-bond acceptors (Lipinski definition) is 1. The minimum atomic E-state index is 0.0470. The van der Waals surface area contributed by atoms with Crippen LogP contribution < -0.4 is 5.32 Å². The van der Waals surface area contributed by atoms with Gasteiger partial charge < -0.3 is 5.32 Å². The highest BCUT2D eigenvalue weighted by atomic mass is 79.9. The molecule has 0 unspecified atom stereocenters. The van der Waals surface area contributed by atoms with Crippen LogP contribution in [-0.2, 0) is 4.79 Å². The van der Waals surface area contributed by atoms with E-state index in [9.17, 15) is 4.79 Å². The second kappa shape index (κ2) is 3.34. The summed E-state index contributed by atoms with van der Waals surface area (Å²) < 4.78 is 0.934. The maximum Gasteiger partial charge on any atom is 0.229 e. The standard InChI is InChI=1S/C10H8BrNO/c11-8-6-9(13)12-10(8)7-4-2-1-3-5-7/h1-5H,6H2,(H,12,13). The van der Waals surface area contributed by atoms with Gasteiger partial charge in [0.25, 0.3) is 0 Å². The molecule has 0 fully saturated rings. The largest absolute Gasteiger partial charge is 0.325 e.